The number of carbonyl (C=O) groups is 1. The van der Waals surface area contributed by atoms with Gasteiger partial charge in [0.1, 0.15) is 18.2 Å². The molecule has 0 saturated carbocycles. The van der Waals surface area contributed by atoms with Crippen LogP contribution in [0.15, 0.2) is 48.0 Å². The van der Waals surface area contributed by atoms with Crippen molar-refractivity contribution in [3.63, 3.8) is 0 Å². The molecule has 0 bridgehead atoms. The summed E-state index contributed by atoms with van der Waals surface area (Å²) in [5.74, 6) is 1.28. The molecule has 2 heterocycles. The quantitative estimate of drug-likeness (QED) is 0.710. The largest absolute Gasteiger partial charge is 0.489 e. The van der Waals surface area contributed by atoms with E-state index in [1.807, 2.05) is 29.6 Å². The zero-order valence-electron chi connectivity index (χ0n) is 14.5. The number of pyridine rings is 1. The molecule has 25 heavy (non-hydrogen) atoms. The predicted molar refractivity (Wildman–Crippen MR) is 101 cm³/mol. The van der Waals surface area contributed by atoms with Crippen LogP contribution < -0.4 is 10.1 Å². The zero-order chi connectivity index (χ0) is 17.8. The molecule has 0 aliphatic rings. The normalized spacial score (nSPS) is 10.5. The van der Waals surface area contributed by atoms with Crippen molar-refractivity contribution >= 4 is 23.1 Å². The maximum absolute atomic E-state index is 12.3. The summed E-state index contributed by atoms with van der Waals surface area (Å²) in [5, 5.41) is 4.74. The van der Waals surface area contributed by atoms with Gasteiger partial charge < -0.3 is 10.1 Å². The number of hydrogen-bond acceptors (Lipinski definition) is 4. The molecule has 2 aromatic heterocycles. The predicted octanol–water partition coefficient (Wildman–Crippen LogP) is 4.90. The molecule has 0 unspecified atom stereocenters. The summed E-state index contributed by atoms with van der Waals surface area (Å²) < 4.78 is 5.96. The summed E-state index contributed by atoms with van der Waals surface area (Å²) in [6, 6.07) is 11.5. The van der Waals surface area contributed by atoms with E-state index in [-0.39, 0.29) is 5.91 Å². The summed E-state index contributed by atoms with van der Waals surface area (Å²) in [7, 11) is 0. The molecule has 4 nitrogen and oxygen atoms in total. The van der Waals surface area contributed by atoms with Gasteiger partial charge in [0.25, 0.3) is 5.91 Å². The van der Waals surface area contributed by atoms with Crippen LogP contribution in [0, 0.1) is 20.8 Å². The van der Waals surface area contributed by atoms with Crippen LogP contribution in [0.2, 0.25) is 0 Å². The molecular weight excluding hydrogens is 332 g/mol. The van der Waals surface area contributed by atoms with Crippen LogP contribution in [0.5, 0.6) is 5.75 Å². The van der Waals surface area contributed by atoms with Gasteiger partial charge in [0.15, 0.2) is 0 Å². The van der Waals surface area contributed by atoms with Crippen molar-refractivity contribution in [2.24, 2.45) is 0 Å². The highest BCUT2D eigenvalue weighted by molar-refractivity contribution is 7.12. The summed E-state index contributed by atoms with van der Waals surface area (Å²) in [6.07, 6.45) is 1.65. The maximum atomic E-state index is 12.3. The van der Waals surface area contributed by atoms with E-state index in [9.17, 15) is 4.79 Å². The molecular formula is C20H20N2O2S. The molecule has 1 amide bonds. The highest BCUT2D eigenvalue weighted by Crippen LogP contribution is 2.25. The van der Waals surface area contributed by atoms with Crippen molar-refractivity contribution in [3.8, 4) is 5.75 Å². The van der Waals surface area contributed by atoms with Gasteiger partial charge in [-0.2, -0.15) is 0 Å². The molecule has 0 aliphatic carbocycles. The van der Waals surface area contributed by atoms with Crippen molar-refractivity contribution in [1.82, 2.24) is 4.98 Å². The van der Waals surface area contributed by atoms with Crippen LogP contribution in [-0.4, -0.2) is 10.9 Å². The number of rotatable bonds is 5. The second-order valence-electron chi connectivity index (χ2n) is 5.98. The van der Waals surface area contributed by atoms with Gasteiger partial charge in [0, 0.05) is 11.8 Å². The topological polar surface area (TPSA) is 51.2 Å². The molecule has 1 N–H and O–H groups in total. The first kappa shape index (κ1) is 17.2. The Balaban J connectivity index is 1.65. The zero-order valence-corrected chi connectivity index (χ0v) is 15.3. The van der Waals surface area contributed by atoms with E-state index in [0.717, 1.165) is 16.9 Å². The lowest BCUT2D eigenvalue weighted by molar-refractivity contribution is 0.103. The number of nitrogens with one attached hydrogen (secondary N) is 1. The first-order chi connectivity index (χ1) is 12.0. The molecule has 0 spiro atoms. The van der Waals surface area contributed by atoms with Gasteiger partial charge in [-0.15, -0.1) is 11.3 Å². The first-order valence-electron chi connectivity index (χ1n) is 8.03. The Bertz CT molecular complexity index is 888. The molecule has 3 rings (SSSR count). The van der Waals surface area contributed by atoms with Crippen molar-refractivity contribution in [3.05, 3.63) is 75.1 Å². The van der Waals surface area contributed by atoms with E-state index in [1.165, 1.54) is 22.5 Å². The Hall–Kier alpha value is -2.66. The summed E-state index contributed by atoms with van der Waals surface area (Å²) in [6.45, 7) is 6.64. The molecule has 0 aliphatic heterocycles. The van der Waals surface area contributed by atoms with Crippen molar-refractivity contribution in [2.75, 3.05) is 5.32 Å². The molecule has 0 radical (unpaired) electrons. The van der Waals surface area contributed by atoms with Crippen molar-refractivity contribution in [2.45, 2.75) is 27.4 Å². The molecule has 128 valence electrons. The van der Waals surface area contributed by atoms with Crippen LogP contribution in [0.3, 0.4) is 0 Å². The number of nitrogens with zero attached hydrogens (tertiary/aromatic N) is 1. The Morgan fingerprint density at radius 2 is 2.04 bits per heavy atom. The standard InChI is InChI=1S/C20H20N2O2S/c1-13-8-14(2)15(3)17(9-13)24-11-16-10-18(25-12-16)20(23)22-19-6-4-5-7-21-19/h4-10,12H,11H2,1-3H3,(H,21,22,23). The summed E-state index contributed by atoms with van der Waals surface area (Å²) in [4.78, 5) is 17.0. The van der Waals surface area contributed by atoms with E-state index in [0.29, 0.717) is 17.3 Å². The Labute approximate surface area is 151 Å². The number of anilines is 1. The fourth-order valence-corrected chi connectivity index (χ4v) is 3.29. The second-order valence-corrected chi connectivity index (χ2v) is 6.89. The van der Waals surface area contributed by atoms with E-state index in [2.05, 4.69) is 37.1 Å². The summed E-state index contributed by atoms with van der Waals surface area (Å²) >= 11 is 1.40. The van der Waals surface area contributed by atoms with E-state index < -0.39 is 0 Å². The number of benzene rings is 1. The van der Waals surface area contributed by atoms with Gasteiger partial charge >= 0.3 is 0 Å². The minimum atomic E-state index is -0.155. The molecule has 0 saturated heterocycles. The SMILES string of the molecule is Cc1cc(C)c(C)c(OCc2csc(C(=O)Nc3ccccn3)c2)c1. The highest BCUT2D eigenvalue weighted by Gasteiger charge is 2.11. The van der Waals surface area contributed by atoms with Crippen LogP contribution in [0.1, 0.15) is 31.9 Å². The van der Waals surface area contributed by atoms with Crippen LogP contribution >= 0.6 is 11.3 Å². The third-order valence-corrected chi connectivity index (χ3v) is 4.92. The fraction of sp³-hybridized carbons (Fsp3) is 0.200. The van der Waals surface area contributed by atoms with Gasteiger partial charge in [-0.1, -0.05) is 12.1 Å². The lowest BCUT2D eigenvalue weighted by Gasteiger charge is -2.11. The average Bonchev–Trinajstić information content (AvgIpc) is 3.07. The van der Waals surface area contributed by atoms with E-state index in [1.54, 1.807) is 12.3 Å². The Morgan fingerprint density at radius 1 is 1.20 bits per heavy atom. The smallest absolute Gasteiger partial charge is 0.266 e. The number of thiophene rings is 1. The number of carbonyl (C=O) groups excluding carboxylic acids is 1. The first-order valence-corrected chi connectivity index (χ1v) is 8.91. The Kier molecular flexibility index (Phi) is 5.14. The van der Waals surface area contributed by atoms with Crippen molar-refractivity contribution in [1.29, 1.82) is 0 Å². The van der Waals surface area contributed by atoms with E-state index in [4.69, 9.17) is 4.74 Å². The Morgan fingerprint density at radius 3 is 2.80 bits per heavy atom. The van der Waals surface area contributed by atoms with Crippen LogP contribution in [0.25, 0.3) is 0 Å². The number of ether oxygens (including phenoxy) is 1. The van der Waals surface area contributed by atoms with Crippen LogP contribution in [-0.2, 0) is 6.61 Å². The number of amides is 1. The monoisotopic (exact) mass is 352 g/mol. The molecule has 3 aromatic rings. The fourth-order valence-electron chi connectivity index (χ4n) is 2.50. The lowest BCUT2D eigenvalue weighted by Crippen LogP contribution is -2.11. The highest BCUT2D eigenvalue weighted by atomic mass is 32.1. The molecule has 0 atom stereocenters. The molecule has 0 fully saturated rings. The lowest BCUT2D eigenvalue weighted by atomic mass is 10.1. The molecule has 1 aromatic carbocycles. The van der Waals surface area contributed by atoms with Gasteiger partial charge in [0.05, 0.1) is 4.88 Å². The summed E-state index contributed by atoms with van der Waals surface area (Å²) in [5.41, 5.74) is 4.53. The van der Waals surface area contributed by atoms with E-state index >= 15 is 0 Å². The molecule has 5 heteroatoms. The van der Waals surface area contributed by atoms with Gasteiger partial charge in [-0.05, 0) is 67.1 Å². The van der Waals surface area contributed by atoms with Gasteiger partial charge in [-0.25, -0.2) is 4.98 Å². The number of aromatic nitrogens is 1. The number of hydrogen-bond donors (Lipinski definition) is 1. The minimum absolute atomic E-state index is 0.155. The third kappa shape index (κ3) is 4.25. The third-order valence-electron chi connectivity index (χ3n) is 3.94. The maximum Gasteiger partial charge on any atom is 0.266 e. The second kappa shape index (κ2) is 7.49. The van der Waals surface area contributed by atoms with Crippen LogP contribution in [0.4, 0.5) is 5.82 Å². The number of aryl methyl sites for hydroxylation is 2. The average molecular weight is 352 g/mol. The van der Waals surface area contributed by atoms with Gasteiger partial charge in [0.2, 0.25) is 0 Å². The van der Waals surface area contributed by atoms with Gasteiger partial charge in [-0.3, -0.25) is 4.79 Å². The van der Waals surface area contributed by atoms with Crippen molar-refractivity contribution < 1.29 is 9.53 Å². The minimum Gasteiger partial charge on any atom is -0.489 e.